The third-order valence-electron chi connectivity index (χ3n) is 4.79. The predicted octanol–water partition coefficient (Wildman–Crippen LogP) is 6.54. The summed E-state index contributed by atoms with van der Waals surface area (Å²) in [4.78, 5) is 25.5. The fourth-order valence-electron chi connectivity index (χ4n) is 3.26. The predicted molar refractivity (Wildman–Crippen MR) is 119 cm³/mol. The van der Waals surface area contributed by atoms with Gasteiger partial charge in [0.2, 0.25) is 11.7 Å². The number of nitrogens with one attached hydrogen (secondary N) is 2. The van der Waals surface area contributed by atoms with Crippen LogP contribution in [0.2, 0.25) is 5.02 Å². The van der Waals surface area contributed by atoms with Crippen molar-refractivity contribution in [2.45, 2.75) is 12.6 Å². The molecule has 0 atom stereocenters. The normalized spacial score (nSPS) is 11.4. The Morgan fingerprint density at radius 1 is 0.909 bits per heavy atom. The Morgan fingerprint density at radius 2 is 1.64 bits per heavy atom. The lowest BCUT2D eigenvalue weighted by atomic mass is 10.1. The van der Waals surface area contributed by atoms with Crippen LogP contribution in [0.5, 0.6) is 0 Å². The maximum Gasteiger partial charge on any atom is 0.416 e. The smallest absolute Gasteiger partial charge is 0.416 e. The lowest BCUT2D eigenvalue weighted by Crippen LogP contribution is -2.18. The molecule has 0 aliphatic heterocycles. The Kier molecular flexibility index (Phi) is 6.11. The zero-order valence-corrected chi connectivity index (χ0v) is 17.6. The highest BCUT2D eigenvalue weighted by Gasteiger charge is 2.31. The molecule has 1 heterocycles. The van der Waals surface area contributed by atoms with E-state index in [1.165, 1.54) is 12.1 Å². The molecular weight excluding hydrogens is 457 g/mol. The summed E-state index contributed by atoms with van der Waals surface area (Å²) in [5.41, 5.74) is 0.220. The number of halogens is 4. The monoisotopic (exact) mass is 472 g/mol. The van der Waals surface area contributed by atoms with Gasteiger partial charge >= 0.3 is 6.18 Å². The van der Waals surface area contributed by atoms with Crippen molar-refractivity contribution in [3.05, 3.63) is 94.7 Å². The van der Waals surface area contributed by atoms with Gasteiger partial charge in [-0.1, -0.05) is 41.9 Å². The summed E-state index contributed by atoms with van der Waals surface area (Å²) in [6.07, 6.45) is -4.54. The molecule has 2 N–H and O–H groups in total. The molecule has 1 aromatic heterocycles. The van der Waals surface area contributed by atoms with Gasteiger partial charge in [0.25, 0.3) is 5.91 Å². The molecule has 3 aromatic carbocycles. The van der Waals surface area contributed by atoms with Gasteiger partial charge in [0.15, 0.2) is 0 Å². The van der Waals surface area contributed by atoms with Gasteiger partial charge in [-0.05, 0) is 48.0 Å². The van der Waals surface area contributed by atoms with Gasteiger partial charge in [0, 0.05) is 16.1 Å². The van der Waals surface area contributed by atoms with E-state index < -0.39 is 23.6 Å². The average Bonchev–Trinajstić information content (AvgIpc) is 3.13. The van der Waals surface area contributed by atoms with E-state index in [0.717, 1.165) is 12.1 Å². The number of benzene rings is 3. The fourth-order valence-corrected chi connectivity index (χ4v) is 3.39. The van der Waals surface area contributed by atoms with Gasteiger partial charge in [-0.15, -0.1) is 0 Å². The topological polar surface area (TPSA) is 71.3 Å². The van der Waals surface area contributed by atoms with E-state index >= 15 is 0 Å². The van der Waals surface area contributed by atoms with Crippen LogP contribution in [-0.2, 0) is 17.4 Å². The maximum absolute atomic E-state index is 13.0. The van der Waals surface area contributed by atoms with Gasteiger partial charge in [0.05, 0.1) is 12.0 Å². The molecule has 33 heavy (non-hydrogen) atoms. The molecule has 0 bridgehead atoms. The lowest BCUT2D eigenvalue weighted by Gasteiger charge is -2.10. The number of rotatable bonds is 5. The number of hydrogen-bond donors (Lipinski definition) is 2. The van der Waals surface area contributed by atoms with Crippen LogP contribution in [-0.4, -0.2) is 11.8 Å². The van der Waals surface area contributed by atoms with Crippen LogP contribution in [0.1, 0.15) is 21.7 Å². The zero-order chi connectivity index (χ0) is 23.6. The van der Waals surface area contributed by atoms with E-state index in [4.69, 9.17) is 16.0 Å². The van der Waals surface area contributed by atoms with Crippen molar-refractivity contribution in [1.29, 1.82) is 0 Å². The Morgan fingerprint density at radius 3 is 2.36 bits per heavy atom. The molecule has 0 saturated carbocycles. The molecule has 0 unspecified atom stereocenters. The Hall–Kier alpha value is -3.78. The average molecular weight is 473 g/mol. The summed E-state index contributed by atoms with van der Waals surface area (Å²) in [7, 11) is 0. The van der Waals surface area contributed by atoms with E-state index in [1.807, 2.05) is 0 Å². The molecule has 0 aliphatic rings. The molecule has 0 fully saturated rings. The van der Waals surface area contributed by atoms with Crippen molar-refractivity contribution < 1.29 is 27.2 Å². The molecule has 4 rings (SSSR count). The van der Waals surface area contributed by atoms with E-state index in [2.05, 4.69) is 10.6 Å². The second-order valence-corrected chi connectivity index (χ2v) is 7.62. The quantitative estimate of drug-likeness (QED) is 0.346. The highest BCUT2D eigenvalue weighted by atomic mass is 35.5. The molecule has 0 aliphatic carbocycles. The number of fused-ring (bicyclic) bond motifs is 1. The molecular formula is C24H16ClF3N2O3. The summed E-state index contributed by atoms with van der Waals surface area (Å²) >= 11 is 5.87. The summed E-state index contributed by atoms with van der Waals surface area (Å²) in [5.74, 6) is -1.43. The molecule has 2 amide bonds. The number of alkyl halides is 3. The SMILES string of the molecule is O=C(Cc1ccc(Cl)cc1)Nc1c(C(=O)Nc2cccc(C(F)(F)F)c2)oc2ccccc12. The van der Waals surface area contributed by atoms with Crippen LogP contribution < -0.4 is 10.6 Å². The van der Waals surface area contributed by atoms with E-state index in [9.17, 15) is 22.8 Å². The number of carbonyl (C=O) groups is 2. The highest BCUT2D eigenvalue weighted by molar-refractivity contribution is 6.30. The van der Waals surface area contributed by atoms with Gasteiger partial charge in [-0.3, -0.25) is 9.59 Å². The molecule has 4 aromatic rings. The molecule has 0 saturated heterocycles. The first kappa shape index (κ1) is 22.4. The first-order chi connectivity index (χ1) is 15.7. The third kappa shape index (κ3) is 5.18. The molecule has 0 radical (unpaired) electrons. The van der Waals surface area contributed by atoms with Gasteiger partial charge in [-0.25, -0.2) is 0 Å². The molecule has 0 spiro atoms. The van der Waals surface area contributed by atoms with Gasteiger partial charge in [-0.2, -0.15) is 13.2 Å². The number of anilines is 2. The van der Waals surface area contributed by atoms with Gasteiger partial charge in [0.1, 0.15) is 11.3 Å². The van der Waals surface area contributed by atoms with Crippen molar-refractivity contribution in [1.82, 2.24) is 0 Å². The van der Waals surface area contributed by atoms with Gasteiger partial charge < -0.3 is 15.1 Å². The lowest BCUT2D eigenvalue weighted by molar-refractivity contribution is -0.137. The number of furan rings is 1. The van der Waals surface area contributed by atoms with E-state index in [0.29, 0.717) is 21.6 Å². The summed E-state index contributed by atoms with van der Waals surface area (Å²) in [6, 6.07) is 17.6. The Labute approximate surface area is 191 Å². The second kappa shape index (κ2) is 8.99. The first-order valence-electron chi connectivity index (χ1n) is 9.75. The van der Waals surface area contributed by atoms with Crippen molar-refractivity contribution in [3.63, 3.8) is 0 Å². The van der Waals surface area contributed by atoms with E-state index in [-0.39, 0.29) is 23.6 Å². The van der Waals surface area contributed by atoms with Crippen molar-refractivity contribution in [2.75, 3.05) is 10.6 Å². The maximum atomic E-state index is 13.0. The largest absolute Gasteiger partial charge is 0.449 e. The van der Waals surface area contributed by atoms with Crippen molar-refractivity contribution in [2.24, 2.45) is 0 Å². The Balaban J connectivity index is 1.61. The number of para-hydroxylation sites is 1. The summed E-state index contributed by atoms with van der Waals surface area (Å²) < 4.78 is 44.6. The summed E-state index contributed by atoms with van der Waals surface area (Å²) in [6.45, 7) is 0. The minimum atomic E-state index is -4.55. The number of amides is 2. The highest BCUT2D eigenvalue weighted by Crippen LogP contribution is 2.33. The second-order valence-electron chi connectivity index (χ2n) is 7.19. The third-order valence-corrected chi connectivity index (χ3v) is 5.04. The number of hydrogen-bond acceptors (Lipinski definition) is 3. The minimum Gasteiger partial charge on any atom is -0.449 e. The molecule has 168 valence electrons. The summed E-state index contributed by atoms with van der Waals surface area (Å²) in [5, 5.41) is 6.11. The molecule has 5 nitrogen and oxygen atoms in total. The van der Waals surface area contributed by atoms with Crippen LogP contribution in [0, 0.1) is 0 Å². The number of carbonyl (C=O) groups excluding carboxylic acids is 2. The van der Waals surface area contributed by atoms with Crippen LogP contribution in [0.25, 0.3) is 11.0 Å². The van der Waals surface area contributed by atoms with Crippen LogP contribution in [0.3, 0.4) is 0 Å². The van der Waals surface area contributed by atoms with Crippen LogP contribution in [0.4, 0.5) is 24.5 Å². The van der Waals surface area contributed by atoms with Crippen molar-refractivity contribution >= 4 is 45.8 Å². The minimum absolute atomic E-state index is 0.0192. The molecule has 9 heteroatoms. The van der Waals surface area contributed by atoms with Crippen LogP contribution in [0.15, 0.2) is 77.2 Å². The van der Waals surface area contributed by atoms with E-state index in [1.54, 1.807) is 48.5 Å². The zero-order valence-electron chi connectivity index (χ0n) is 16.9. The van der Waals surface area contributed by atoms with Crippen LogP contribution >= 0.6 is 11.6 Å². The standard InChI is InChI=1S/C24H16ClF3N2O3/c25-16-10-8-14(9-11-16)12-20(31)30-21-18-6-1-2-7-19(18)33-22(21)23(32)29-17-5-3-4-15(13-17)24(26,27)28/h1-11,13H,12H2,(H,29,32)(H,30,31). The fraction of sp³-hybridized carbons (Fsp3) is 0.0833. The first-order valence-corrected chi connectivity index (χ1v) is 10.1. The Bertz CT molecular complexity index is 1330. The van der Waals surface area contributed by atoms with Crippen molar-refractivity contribution in [3.8, 4) is 0 Å².